The fourth-order valence-corrected chi connectivity index (χ4v) is 2.28. The summed E-state index contributed by atoms with van der Waals surface area (Å²) in [6.07, 6.45) is 1.98. The highest BCUT2D eigenvalue weighted by Crippen LogP contribution is 2.08. The smallest absolute Gasteiger partial charge is 0.320 e. The zero-order valence-corrected chi connectivity index (χ0v) is 11.5. The Morgan fingerprint density at radius 1 is 1.30 bits per heavy atom. The minimum Gasteiger partial charge on any atom is -0.480 e. The Labute approximate surface area is 118 Å². The van der Waals surface area contributed by atoms with E-state index in [-0.39, 0.29) is 5.91 Å². The molecule has 1 fully saturated rings. The number of carbonyl (C=O) groups excluding carboxylic acids is 1. The van der Waals surface area contributed by atoms with Gasteiger partial charge in [-0.15, -0.1) is 0 Å². The van der Waals surface area contributed by atoms with Gasteiger partial charge in [-0.1, -0.05) is 6.07 Å². The molecule has 1 N–H and O–H groups in total. The molecule has 0 saturated carbocycles. The van der Waals surface area contributed by atoms with Crippen molar-refractivity contribution in [2.45, 2.75) is 19.4 Å². The molecule has 0 radical (unpaired) electrons. The lowest BCUT2D eigenvalue weighted by Gasteiger charge is -2.36. The van der Waals surface area contributed by atoms with Crippen molar-refractivity contribution in [3.63, 3.8) is 0 Å². The number of carboxylic acids is 1. The Morgan fingerprint density at radius 2 is 2.00 bits per heavy atom. The third kappa shape index (κ3) is 3.54. The fraction of sp³-hybridized carbons (Fsp3) is 0.500. The first-order valence-electron chi connectivity index (χ1n) is 6.72. The zero-order valence-electron chi connectivity index (χ0n) is 11.5. The maximum Gasteiger partial charge on any atom is 0.320 e. The highest BCUT2D eigenvalue weighted by Gasteiger charge is 2.27. The van der Waals surface area contributed by atoms with Gasteiger partial charge < -0.3 is 10.0 Å². The van der Waals surface area contributed by atoms with Crippen molar-refractivity contribution in [3.8, 4) is 0 Å². The van der Waals surface area contributed by atoms with E-state index in [2.05, 4.69) is 4.98 Å². The Morgan fingerprint density at radius 3 is 2.55 bits per heavy atom. The molecule has 1 aromatic rings. The topological polar surface area (TPSA) is 73.7 Å². The maximum atomic E-state index is 12.1. The number of rotatable bonds is 4. The Balaban J connectivity index is 1.84. The summed E-state index contributed by atoms with van der Waals surface area (Å²) in [5, 5.41) is 8.97. The molecule has 6 nitrogen and oxygen atoms in total. The van der Waals surface area contributed by atoms with Crippen LogP contribution in [0.15, 0.2) is 24.4 Å². The molecule has 1 atom stereocenters. The second-order valence-corrected chi connectivity index (χ2v) is 4.93. The van der Waals surface area contributed by atoms with Gasteiger partial charge in [0, 0.05) is 38.1 Å². The minimum absolute atomic E-state index is 0.0475. The minimum atomic E-state index is -0.821. The molecule has 1 aliphatic rings. The summed E-state index contributed by atoms with van der Waals surface area (Å²) in [7, 11) is 0. The van der Waals surface area contributed by atoms with Crippen LogP contribution in [0.25, 0.3) is 0 Å². The number of carbonyl (C=O) groups is 2. The lowest BCUT2D eigenvalue weighted by atomic mass is 10.2. The molecule has 2 heterocycles. The molecular formula is C14H19N3O3. The van der Waals surface area contributed by atoms with Crippen molar-refractivity contribution >= 4 is 11.9 Å². The van der Waals surface area contributed by atoms with Gasteiger partial charge in [0.15, 0.2) is 0 Å². The molecule has 1 saturated heterocycles. The summed E-state index contributed by atoms with van der Waals surface area (Å²) in [6.45, 7) is 4.02. The van der Waals surface area contributed by atoms with Gasteiger partial charge in [0.25, 0.3) is 0 Å². The second-order valence-electron chi connectivity index (χ2n) is 4.93. The molecule has 0 bridgehead atoms. The molecule has 6 heteroatoms. The van der Waals surface area contributed by atoms with Gasteiger partial charge in [-0.25, -0.2) is 0 Å². The number of hydrogen-bond acceptors (Lipinski definition) is 4. The molecule has 1 aliphatic heterocycles. The molecule has 1 aromatic heterocycles. The summed E-state index contributed by atoms with van der Waals surface area (Å²) in [5.74, 6) is -0.774. The van der Waals surface area contributed by atoms with Crippen molar-refractivity contribution < 1.29 is 14.7 Å². The number of hydrogen-bond donors (Lipinski definition) is 1. The average Bonchev–Trinajstić information content (AvgIpc) is 2.47. The van der Waals surface area contributed by atoms with Crippen LogP contribution in [0.2, 0.25) is 0 Å². The maximum absolute atomic E-state index is 12.1. The van der Waals surface area contributed by atoms with Crippen molar-refractivity contribution in [1.82, 2.24) is 14.8 Å². The van der Waals surface area contributed by atoms with Crippen LogP contribution < -0.4 is 0 Å². The van der Waals surface area contributed by atoms with Crippen molar-refractivity contribution in [2.75, 3.05) is 26.2 Å². The Bertz CT molecular complexity index is 470. The summed E-state index contributed by atoms with van der Waals surface area (Å²) in [4.78, 5) is 30.9. The van der Waals surface area contributed by atoms with E-state index in [1.54, 1.807) is 18.0 Å². The second kappa shape index (κ2) is 6.47. The Hall–Kier alpha value is -1.95. The molecular weight excluding hydrogens is 258 g/mol. The van der Waals surface area contributed by atoms with Crippen LogP contribution in [0, 0.1) is 0 Å². The number of nitrogens with zero attached hydrogens (tertiary/aromatic N) is 3. The first-order valence-corrected chi connectivity index (χ1v) is 6.72. The largest absolute Gasteiger partial charge is 0.480 e. The van der Waals surface area contributed by atoms with E-state index in [4.69, 9.17) is 5.11 Å². The standard InChI is InChI=1S/C14H19N3O3/c1-11(14(19)20)16-6-8-17(9-7-16)13(18)10-12-4-2-3-5-15-12/h2-5,11H,6-10H2,1H3,(H,19,20). The average molecular weight is 277 g/mol. The highest BCUT2D eigenvalue weighted by molar-refractivity contribution is 5.78. The van der Waals surface area contributed by atoms with Crippen molar-refractivity contribution in [3.05, 3.63) is 30.1 Å². The molecule has 1 unspecified atom stereocenters. The molecule has 20 heavy (non-hydrogen) atoms. The van der Waals surface area contributed by atoms with Gasteiger partial charge in [-0.3, -0.25) is 19.5 Å². The number of pyridine rings is 1. The van der Waals surface area contributed by atoms with Gasteiger partial charge in [0.2, 0.25) is 5.91 Å². The summed E-state index contributed by atoms with van der Waals surface area (Å²) >= 11 is 0. The van der Waals surface area contributed by atoms with Crippen LogP contribution in [-0.4, -0.2) is 64.0 Å². The molecule has 0 aromatic carbocycles. The summed E-state index contributed by atoms with van der Waals surface area (Å²) < 4.78 is 0. The van der Waals surface area contributed by atoms with Crippen LogP contribution in [-0.2, 0) is 16.0 Å². The number of aliphatic carboxylic acids is 1. The van der Waals surface area contributed by atoms with Gasteiger partial charge in [0.05, 0.1) is 6.42 Å². The van der Waals surface area contributed by atoms with Gasteiger partial charge in [0.1, 0.15) is 6.04 Å². The molecule has 1 amide bonds. The van der Waals surface area contributed by atoms with Gasteiger partial charge in [-0.05, 0) is 19.1 Å². The van der Waals surface area contributed by atoms with E-state index in [1.165, 1.54) is 0 Å². The molecule has 0 aliphatic carbocycles. The lowest BCUT2D eigenvalue weighted by Crippen LogP contribution is -2.53. The number of carboxylic acid groups (broad SMARTS) is 1. The third-order valence-corrected chi connectivity index (χ3v) is 3.63. The first-order chi connectivity index (χ1) is 9.58. The molecule has 108 valence electrons. The summed E-state index contributed by atoms with van der Waals surface area (Å²) in [5.41, 5.74) is 0.763. The van der Waals surface area contributed by atoms with Crippen LogP contribution in [0.1, 0.15) is 12.6 Å². The zero-order chi connectivity index (χ0) is 14.5. The molecule has 2 rings (SSSR count). The van der Waals surface area contributed by atoms with E-state index >= 15 is 0 Å². The number of aromatic nitrogens is 1. The van der Waals surface area contributed by atoms with Crippen LogP contribution in [0.3, 0.4) is 0 Å². The van der Waals surface area contributed by atoms with E-state index in [0.717, 1.165) is 5.69 Å². The van der Waals surface area contributed by atoms with Crippen LogP contribution >= 0.6 is 0 Å². The molecule has 0 spiro atoms. The van der Waals surface area contributed by atoms with Crippen molar-refractivity contribution in [1.29, 1.82) is 0 Å². The van der Waals surface area contributed by atoms with E-state index in [9.17, 15) is 9.59 Å². The monoisotopic (exact) mass is 277 g/mol. The quantitative estimate of drug-likeness (QED) is 0.853. The normalized spacial score (nSPS) is 17.8. The van der Waals surface area contributed by atoms with Gasteiger partial charge in [-0.2, -0.15) is 0 Å². The summed E-state index contributed by atoms with van der Waals surface area (Å²) in [6, 6.07) is 5.02. The van der Waals surface area contributed by atoms with E-state index in [0.29, 0.717) is 32.6 Å². The fourth-order valence-electron chi connectivity index (χ4n) is 2.28. The van der Waals surface area contributed by atoms with Crippen LogP contribution in [0.4, 0.5) is 0 Å². The van der Waals surface area contributed by atoms with E-state index < -0.39 is 12.0 Å². The lowest BCUT2D eigenvalue weighted by molar-refractivity contribution is -0.144. The van der Waals surface area contributed by atoms with Crippen LogP contribution in [0.5, 0.6) is 0 Å². The first kappa shape index (κ1) is 14.5. The SMILES string of the molecule is CC(C(=O)O)N1CCN(C(=O)Cc2ccccn2)CC1. The number of amides is 1. The van der Waals surface area contributed by atoms with Crippen molar-refractivity contribution in [2.24, 2.45) is 0 Å². The number of piperazine rings is 1. The predicted octanol–water partition coefficient (Wildman–Crippen LogP) is 0.241. The third-order valence-electron chi connectivity index (χ3n) is 3.63. The van der Waals surface area contributed by atoms with E-state index in [1.807, 2.05) is 23.1 Å². The predicted molar refractivity (Wildman–Crippen MR) is 73.2 cm³/mol. The Kier molecular flexibility index (Phi) is 4.68. The highest BCUT2D eigenvalue weighted by atomic mass is 16.4. The van der Waals surface area contributed by atoms with Gasteiger partial charge >= 0.3 is 5.97 Å².